The van der Waals surface area contributed by atoms with Crippen molar-refractivity contribution in [3.05, 3.63) is 58.9 Å². The molecule has 2 aromatic rings. The number of rotatable bonds is 7. The van der Waals surface area contributed by atoms with E-state index >= 15 is 0 Å². The first kappa shape index (κ1) is 16.3. The predicted octanol–water partition coefficient (Wildman–Crippen LogP) is 3.88. The smallest absolute Gasteiger partial charge is 0.270 e. The largest absolute Gasteiger partial charge is 0.385 e. The van der Waals surface area contributed by atoms with E-state index in [1.807, 2.05) is 24.3 Å². The third-order valence-electron chi connectivity index (χ3n) is 3.25. The normalized spacial score (nSPS) is 10.3. The van der Waals surface area contributed by atoms with Crippen molar-refractivity contribution in [3.8, 4) is 0 Å². The molecule has 0 aliphatic heterocycles. The molecule has 1 heterocycles. The number of carbonyl (C=O) groups is 1. The summed E-state index contributed by atoms with van der Waals surface area (Å²) < 4.78 is 0. The predicted molar refractivity (Wildman–Crippen MR) is 90.3 cm³/mol. The quantitative estimate of drug-likeness (QED) is 0.762. The molecule has 1 amide bonds. The Kier molecular flexibility index (Phi) is 6.22. The van der Waals surface area contributed by atoms with Gasteiger partial charge in [-0.05, 0) is 30.2 Å². The molecule has 0 aliphatic rings. The maximum absolute atomic E-state index is 12.2. The van der Waals surface area contributed by atoms with Crippen LogP contribution in [0.3, 0.4) is 0 Å². The number of benzene rings is 1. The molecule has 4 nitrogen and oxygen atoms in total. The summed E-state index contributed by atoms with van der Waals surface area (Å²) in [6.07, 6.45) is 3.86. The minimum Gasteiger partial charge on any atom is -0.385 e. The summed E-state index contributed by atoms with van der Waals surface area (Å²) >= 11 is 6.07. The summed E-state index contributed by atoms with van der Waals surface area (Å²) in [7, 11) is 0. The van der Waals surface area contributed by atoms with Crippen LogP contribution in [-0.2, 0) is 6.54 Å². The number of hydrogen-bond donors (Lipinski definition) is 2. The maximum Gasteiger partial charge on any atom is 0.270 e. The van der Waals surface area contributed by atoms with Gasteiger partial charge in [-0.3, -0.25) is 9.78 Å². The van der Waals surface area contributed by atoms with Gasteiger partial charge < -0.3 is 10.6 Å². The number of nitrogens with one attached hydrogen (secondary N) is 2. The monoisotopic (exact) mass is 317 g/mol. The molecule has 0 atom stereocenters. The van der Waals surface area contributed by atoms with Gasteiger partial charge in [-0.1, -0.05) is 43.1 Å². The average Bonchev–Trinajstić information content (AvgIpc) is 2.54. The molecule has 0 saturated carbocycles. The lowest BCUT2D eigenvalue weighted by molar-refractivity contribution is 0.0946. The number of halogens is 1. The fraction of sp³-hybridized carbons (Fsp3) is 0.294. The number of amides is 1. The third-order valence-corrected chi connectivity index (χ3v) is 3.62. The van der Waals surface area contributed by atoms with E-state index in [-0.39, 0.29) is 5.91 Å². The summed E-state index contributed by atoms with van der Waals surface area (Å²) in [5, 5.41) is 6.76. The lowest BCUT2D eigenvalue weighted by Gasteiger charge is -2.09. The number of pyridine rings is 1. The molecule has 0 spiro atoms. The fourth-order valence-electron chi connectivity index (χ4n) is 1.98. The Morgan fingerprint density at radius 3 is 2.86 bits per heavy atom. The number of anilines is 1. The Hall–Kier alpha value is -2.07. The van der Waals surface area contributed by atoms with Gasteiger partial charge in [0.2, 0.25) is 0 Å². The number of nitrogens with zero attached hydrogens (tertiary/aromatic N) is 1. The highest BCUT2D eigenvalue weighted by Crippen LogP contribution is 2.14. The first-order chi connectivity index (χ1) is 10.7. The first-order valence-corrected chi connectivity index (χ1v) is 7.80. The second-order valence-corrected chi connectivity index (χ2v) is 5.39. The van der Waals surface area contributed by atoms with Crippen LogP contribution in [0.2, 0.25) is 5.02 Å². The molecule has 0 saturated heterocycles. The molecule has 1 aromatic carbocycles. The molecule has 5 heteroatoms. The van der Waals surface area contributed by atoms with Gasteiger partial charge in [-0.2, -0.15) is 0 Å². The second kappa shape index (κ2) is 8.39. The Morgan fingerprint density at radius 1 is 1.27 bits per heavy atom. The van der Waals surface area contributed by atoms with Crippen LogP contribution in [0.1, 0.15) is 35.8 Å². The van der Waals surface area contributed by atoms with Gasteiger partial charge >= 0.3 is 0 Å². The molecular formula is C17H20ClN3O. The van der Waals surface area contributed by atoms with E-state index in [1.165, 1.54) is 0 Å². The van der Waals surface area contributed by atoms with Gasteiger partial charge in [-0.15, -0.1) is 0 Å². The van der Waals surface area contributed by atoms with E-state index in [0.29, 0.717) is 17.3 Å². The summed E-state index contributed by atoms with van der Waals surface area (Å²) in [6, 6.07) is 11.1. The van der Waals surface area contributed by atoms with Crippen molar-refractivity contribution in [2.75, 3.05) is 11.9 Å². The highest BCUT2D eigenvalue weighted by molar-refractivity contribution is 6.31. The van der Waals surface area contributed by atoms with Crippen molar-refractivity contribution in [3.63, 3.8) is 0 Å². The van der Waals surface area contributed by atoms with Gasteiger partial charge in [0.25, 0.3) is 5.91 Å². The average molecular weight is 318 g/mol. The molecule has 2 N–H and O–H groups in total. The summed E-state index contributed by atoms with van der Waals surface area (Å²) in [5.41, 5.74) is 2.19. The molecular weight excluding hydrogens is 298 g/mol. The molecule has 116 valence electrons. The van der Waals surface area contributed by atoms with Crippen LogP contribution >= 0.6 is 11.6 Å². The van der Waals surface area contributed by atoms with Crippen molar-refractivity contribution < 1.29 is 4.79 Å². The molecule has 0 aliphatic carbocycles. The minimum atomic E-state index is -0.209. The fourth-order valence-corrected chi connectivity index (χ4v) is 2.18. The number of unbranched alkanes of at least 4 members (excludes halogenated alkanes) is 1. The zero-order valence-corrected chi connectivity index (χ0v) is 13.4. The SMILES string of the molecule is CCCCNc1ccnc(C(=O)NCc2ccccc2Cl)c1. The molecule has 1 aromatic heterocycles. The summed E-state index contributed by atoms with van der Waals surface area (Å²) in [4.78, 5) is 16.3. The number of carbonyl (C=O) groups excluding carboxylic acids is 1. The van der Waals surface area contributed by atoms with Crippen LogP contribution in [-0.4, -0.2) is 17.4 Å². The van der Waals surface area contributed by atoms with E-state index in [0.717, 1.165) is 30.6 Å². The Bertz CT molecular complexity index is 631. The van der Waals surface area contributed by atoms with Gasteiger partial charge in [0, 0.05) is 30.0 Å². The molecule has 0 fully saturated rings. The van der Waals surface area contributed by atoms with Crippen molar-refractivity contribution in [2.45, 2.75) is 26.3 Å². The van der Waals surface area contributed by atoms with E-state index in [4.69, 9.17) is 11.6 Å². The van der Waals surface area contributed by atoms with Gasteiger partial charge in [-0.25, -0.2) is 0 Å². The molecule has 0 radical (unpaired) electrons. The molecule has 0 unspecified atom stereocenters. The van der Waals surface area contributed by atoms with E-state index in [2.05, 4.69) is 22.5 Å². The van der Waals surface area contributed by atoms with Crippen molar-refractivity contribution >= 4 is 23.2 Å². The van der Waals surface area contributed by atoms with Gasteiger partial charge in [0.15, 0.2) is 0 Å². The Labute approximate surface area is 135 Å². The Balaban J connectivity index is 1.95. The Morgan fingerprint density at radius 2 is 2.09 bits per heavy atom. The van der Waals surface area contributed by atoms with Crippen LogP contribution in [0.5, 0.6) is 0 Å². The van der Waals surface area contributed by atoms with E-state index in [9.17, 15) is 4.79 Å². The number of hydrogen-bond acceptors (Lipinski definition) is 3. The lowest BCUT2D eigenvalue weighted by atomic mass is 10.2. The van der Waals surface area contributed by atoms with Crippen LogP contribution < -0.4 is 10.6 Å². The summed E-state index contributed by atoms with van der Waals surface area (Å²) in [5.74, 6) is -0.209. The van der Waals surface area contributed by atoms with Crippen molar-refractivity contribution in [2.24, 2.45) is 0 Å². The van der Waals surface area contributed by atoms with E-state index in [1.54, 1.807) is 18.3 Å². The molecule has 0 bridgehead atoms. The third kappa shape index (κ3) is 4.74. The second-order valence-electron chi connectivity index (χ2n) is 4.98. The molecule has 2 rings (SSSR count). The maximum atomic E-state index is 12.2. The highest BCUT2D eigenvalue weighted by Gasteiger charge is 2.08. The van der Waals surface area contributed by atoms with Crippen LogP contribution in [0, 0.1) is 0 Å². The van der Waals surface area contributed by atoms with Crippen LogP contribution in [0.15, 0.2) is 42.6 Å². The van der Waals surface area contributed by atoms with E-state index < -0.39 is 0 Å². The number of aromatic nitrogens is 1. The van der Waals surface area contributed by atoms with Crippen molar-refractivity contribution in [1.82, 2.24) is 10.3 Å². The first-order valence-electron chi connectivity index (χ1n) is 7.42. The van der Waals surface area contributed by atoms with Crippen molar-refractivity contribution in [1.29, 1.82) is 0 Å². The standard InChI is InChI=1S/C17H20ClN3O/c1-2-3-9-19-14-8-10-20-16(11-14)17(22)21-12-13-6-4-5-7-15(13)18/h4-8,10-11H,2-3,9,12H2,1H3,(H,19,20)(H,21,22). The van der Waals surface area contributed by atoms with Crippen LogP contribution in [0.4, 0.5) is 5.69 Å². The minimum absolute atomic E-state index is 0.209. The zero-order chi connectivity index (χ0) is 15.8. The zero-order valence-electron chi connectivity index (χ0n) is 12.6. The summed E-state index contributed by atoms with van der Waals surface area (Å²) in [6.45, 7) is 3.41. The van der Waals surface area contributed by atoms with Crippen LogP contribution in [0.25, 0.3) is 0 Å². The van der Waals surface area contributed by atoms with Gasteiger partial charge in [0.1, 0.15) is 5.69 Å². The molecule has 22 heavy (non-hydrogen) atoms. The van der Waals surface area contributed by atoms with Gasteiger partial charge in [0.05, 0.1) is 0 Å². The highest BCUT2D eigenvalue weighted by atomic mass is 35.5. The lowest BCUT2D eigenvalue weighted by Crippen LogP contribution is -2.24. The topological polar surface area (TPSA) is 54.0 Å².